The van der Waals surface area contributed by atoms with Gasteiger partial charge < -0.3 is 38.8 Å². The number of rotatable bonds is 7. The quantitative estimate of drug-likeness (QED) is 0.181. The molecule has 3 fully saturated rings. The summed E-state index contributed by atoms with van der Waals surface area (Å²) in [6.45, 7) is 12.8. The van der Waals surface area contributed by atoms with E-state index in [9.17, 15) is 34.2 Å². The Morgan fingerprint density at radius 2 is 1.64 bits per heavy atom. The molecular formula is C52H79N5O12. The number of aliphatic hydroxyl groups excluding tert-OH is 1. The molecule has 0 spiro atoms. The number of ketones is 3. The third kappa shape index (κ3) is 14.2. The van der Waals surface area contributed by atoms with Gasteiger partial charge in [0.1, 0.15) is 36.5 Å². The number of esters is 1. The largest absolute Gasteiger partial charge is 0.460 e. The number of amides is 1. The van der Waals surface area contributed by atoms with Gasteiger partial charge in [-0.3, -0.25) is 19.2 Å². The summed E-state index contributed by atoms with van der Waals surface area (Å²) in [4.78, 5) is 72.3. The number of hydrogen-bond acceptors (Lipinski definition) is 15. The van der Waals surface area contributed by atoms with Crippen molar-refractivity contribution in [2.75, 3.05) is 27.9 Å². The maximum atomic E-state index is 14.5. The fourth-order valence-electron chi connectivity index (χ4n) is 10.7. The van der Waals surface area contributed by atoms with Crippen molar-refractivity contribution >= 4 is 29.2 Å². The molecule has 1 aliphatic carbocycles. The summed E-state index contributed by atoms with van der Waals surface area (Å²) in [5.41, 5.74) is 1.27. The number of Topliss-reactive ketones (excluding diaryl/α,β-unsaturated/α-hetero) is 3. The fourth-order valence-corrected chi connectivity index (χ4v) is 10.7. The molecule has 2 bridgehead atoms. The molecule has 0 radical (unpaired) electrons. The molecule has 4 heterocycles. The minimum atomic E-state index is -2.43. The fraction of sp³-hybridized carbons (Fsp3) is 0.731. The molecule has 15 atom stereocenters. The molecule has 2 N–H and O–H groups in total. The zero-order valence-electron chi connectivity index (χ0n) is 42.5. The molecule has 1 saturated carbocycles. The predicted molar refractivity (Wildman–Crippen MR) is 256 cm³/mol. The van der Waals surface area contributed by atoms with E-state index in [0.717, 1.165) is 18.4 Å². The normalized spacial score (nSPS) is 38.8. The second kappa shape index (κ2) is 25.7. The Kier molecular flexibility index (Phi) is 20.8. The summed E-state index contributed by atoms with van der Waals surface area (Å²) in [5, 5.41) is 35.2. The molecule has 3 aliphatic heterocycles. The van der Waals surface area contributed by atoms with Crippen LogP contribution in [0.3, 0.4) is 0 Å². The van der Waals surface area contributed by atoms with Crippen molar-refractivity contribution in [2.24, 2.45) is 35.5 Å². The van der Waals surface area contributed by atoms with Crippen LogP contribution in [0.25, 0.3) is 0 Å². The van der Waals surface area contributed by atoms with Crippen LogP contribution in [0.4, 0.5) is 0 Å². The zero-order chi connectivity index (χ0) is 50.6. The molecule has 17 nitrogen and oxygen atoms in total. The summed E-state index contributed by atoms with van der Waals surface area (Å²) in [6, 6.07) is -1.19. The van der Waals surface area contributed by atoms with Crippen molar-refractivity contribution in [3.8, 4) is 0 Å². The molecule has 69 heavy (non-hydrogen) atoms. The average molecular weight is 966 g/mol. The molecule has 0 aromatic carbocycles. The molecule has 17 heteroatoms. The number of allylic oxidation sites excluding steroid dienone is 6. The van der Waals surface area contributed by atoms with Crippen LogP contribution in [0.5, 0.6) is 0 Å². The number of carbonyl (C=O) groups is 5. The van der Waals surface area contributed by atoms with Crippen LogP contribution in [0.1, 0.15) is 132 Å². The van der Waals surface area contributed by atoms with Crippen LogP contribution >= 0.6 is 0 Å². The highest BCUT2D eigenvalue weighted by atomic mass is 16.6. The van der Waals surface area contributed by atoms with E-state index in [4.69, 9.17) is 23.7 Å². The first-order valence-electron chi connectivity index (χ1n) is 25.0. The van der Waals surface area contributed by atoms with Gasteiger partial charge in [0.15, 0.2) is 5.78 Å². The number of nitrogens with zero attached hydrogens (tertiary/aromatic N) is 5. The van der Waals surface area contributed by atoms with Gasteiger partial charge in [0.05, 0.1) is 24.4 Å². The molecule has 4 aliphatic rings. The van der Waals surface area contributed by atoms with Gasteiger partial charge in [0.25, 0.3) is 11.7 Å². The summed E-state index contributed by atoms with van der Waals surface area (Å²) >= 11 is 0. The molecular weight excluding hydrogens is 887 g/mol. The molecule has 3 unspecified atom stereocenters. The maximum Gasteiger partial charge on any atom is 0.329 e. The second-order valence-electron chi connectivity index (χ2n) is 20.4. The van der Waals surface area contributed by atoms with Gasteiger partial charge in [0.2, 0.25) is 5.79 Å². The van der Waals surface area contributed by atoms with Gasteiger partial charge >= 0.3 is 5.97 Å². The summed E-state index contributed by atoms with van der Waals surface area (Å²) < 4.78 is 31.6. The molecule has 1 amide bonds. The van der Waals surface area contributed by atoms with E-state index in [1.165, 1.54) is 12.0 Å². The van der Waals surface area contributed by atoms with Gasteiger partial charge in [-0.2, -0.15) is 0 Å². The minimum absolute atomic E-state index is 0.0170. The monoisotopic (exact) mass is 966 g/mol. The molecule has 1 aromatic heterocycles. The topological polar surface area (TPSA) is 219 Å². The number of methoxy groups -OCH3 is 3. The Bertz CT molecular complexity index is 2020. The van der Waals surface area contributed by atoms with Crippen LogP contribution in [0, 0.1) is 35.5 Å². The van der Waals surface area contributed by atoms with Crippen LogP contribution in [0.2, 0.25) is 0 Å². The first-order chi connectivity index (χ1) is 32.8. The Morgan fingerprint density at radius 1 is 0.884 bits per heavy atom. The number of fused-ring (bicyclic) bond motifs is 3. The lowest BCUT2D eigenvalue weighted by atomic mass is 9.77. The van der Waals surface area contributed by atoms with Crippen molar-refractivity contribution in [1.29, 1.82) is 0 Å². The number of piperidine rings is 1. The van der Waals surface area contributed by atoms with E-state index in [1.54, 1.807) is 52.1 Å². The summed E-state index contributed by atoms with van der Waals surface area (Å²) in [5.74, 6) is -7.92. The van der Waals surface area contributed by atoms with E-state index >= 15 is 0 Å². The lowest BCUT2D eigenvalue weighted by Gasteiger charge is -2.42. The standard InChI is InChI=1S/C52H79N5O12/c1-31-16-12-11-13-17-32(2)43(65-8)28-39-21-19-37(7)52(64,69-39)49(61)50(62)56-23-15-14-18-41(56)51(63)68-44(34(4)26-38-20-22-40(45(27-38)66-9)57-30-53-54-55-57)29-42(58)33(3)25-36(6)47(60)48(67-10)46(59)35(5)24-31/h11-13,16-17,25,30-31,33-35,37-41,43-45,47-48,60,64H,14-15,18-24,26-29H2,1-10H3/b13-11+,16-12+,32-17+,36-25+/t31-,33?,34-,35?,37-,38+,39+,40+,41+,43+,44+,45-,47-,48?,52-/m1/s1. The van der Waals surface area contributed by atoms with Crippen LogP contribution in [0.15, 0.2) is 53.9 Å². The van der Waals surface area contributed by atoms with E-state index in [1.807, 2.05) is 58.1 Å². The SMILES string of the molecule is COC1C(=O)C(C)C[C@H](C)/C=C/C=C/C=C(\C)[C@@H](OC)C[C@@H]2CC[C@@H](C)[C@@](O)(O2)C(=O)C(=O)N2CCCC[C@H]2C(=O)O[C@H]([C@H](C)C[C@@H]2CC[C@H](n3cnnn3)[C@H](OC)C2)CC(=O)C(C)/C=C(\C)[C@H]1O. The Balaban J connectivity index is 1.46. The smallest absolute Gasteiger partial charge is 0.329 e. The van der Waals surface area contributed by atoms with Crippen molar-refractivity contribution < 1.29 is 57.9 Å². The van der Waals surface area contributed by atoms with E-state index in [2.05, 4.69) is 15.5 Å². The van der Waals surface area contributed by atoms with Crippen LogP contribution < -0.4 is 0 Å². The number of hydrogen-bond donors (Lipinski definition) is 2. The third-order valence-corrected chi connectivity index (χ3v) is 15.2. The third-order valence-electron chi connectivity index (χ3n) is 15.2. The van der Waals surface area contributed by atoms with Gasteiger partial charge in [0, 0.05) is 58.5 Å². The maximum absolute atomic E-state index is 14.5. The highest BCUT2D eigenvalue weighted by molar-refractivity contribution is 6.39. The molecule has 5 rings (SSSR count). The molecule has 1 aromatic rings. The molecule has 2 saturated heterocycles. The Labute approximate surface area is 408 Å². The van der Waals surface area contributed by atoms with Gasteiger partial charge in [-0.15, -0.1) is 5.10 Å². The first kappa shape index (κ1) is 55.7. The number of aromatic nitrogens is 4. The van der Waals surface area contributed by atoms with Crippen molar-refractivity contribution in [2.45, 2.75) is 180 Å². The highest BCUT2D eigenvalue weighted by Crippen LogP contribution is 2.39. The number of carbonyl (C=O) groups excluding carboxylic acids is 5. The van der Waals surface area contributed by atoms with Crippen molar-refractivity contribution in [1.82, 2.24) is 25.1 Å². The van der Waals surface area contributed by atoms with E-state index < -0.39 is 77.8 Å². The first-order valence-corrected chi connectivity index (χ1v) is 25.0. The van der Waals surface area contributed by atoms with E-state index in [-0.39, 0.29) is 60.9 Å². The summed E-state index contributed by atoms with van der Waals surface area (Å²) in [6.07, 6.45) is 13.9. The van der Waals surface area contributed by atoms with Crippen LogP contribution in [-0.2, 0) is 47.7 Å². The van der Waals surface area contributed by atoms with Crippen molar-refractivity contribution in [3.63, 3.8) is 0 Å². The Morgan fingerprint density at radius 3 is 2.32 bits per heavy atom. The number of tetrazole rings is 1. The number of cyclic esters (lactones) is 1. The summed E-state index contributed by atoms with van der Waals surface area (Å²) in [7, 11) is 4.62. The minimum Gasteiger partial charge on any atom is -0.460 e. The van der Waals surface area contributed by atoms with Crippen LogP contribution in [-0.4, -0.2) is 141 Å². The number of ether oxygens (including phenoxy) is 5. The number of aliphatic hydroxyl groups is 2. The van der Waals surface area contributed by atoms with Gasteiger partial charge in [-0.25, -0.2) is 9.48 Å². The molecule has 384 valence electrons. The second-order valence-corrected chi connectivity index (χ2v) is 20.4. The average Bonchev–Trinajstić information content (AvgIpc) is 3.88. The van der Waals surface area contributed by atoms with Gasteiger partial charge in [-0.1, -0.05) is 71.1 Å². The lowest BCUT2D eigenvalue weighted by molar-refractivity contribution is -0.265. The predicted octanol–water partition coefficient (Wildman–Crippen LogP) is 6.05. The zero-order valence-corrected chi connectivity index (χ0v) is 42.5. The lowest BCUT2D eigenvalue weighted by Crippen LogP contribution is -2.61. The highest BCUT2D eigenvalue weighted by Gasteiger charge is 2.53. The van der Waals surface area contributed by atoms with E-state index in [0.29, 0.717) is 56.9 Å². The van der Waals surface area contributed by atoms with Crippen molar-refractivity contribution in [3.05, 3.63) is 53.9 Å². The Hall–Kier alpha value is -4.26. The van der Waals surface area contributed by atoms with Gasteiger partial charge in [-0.05, 0) is 117 Å².